The lowest BCUT2D eigenvalue weighted by molar-refractivity contribution is -0.129. The third kappa shape index (κ3) is 8.33. The van der Waals surface area contributed by atoms with Crippen molar-refractivity contribution < 1.29 is 14.0 Å². The average Bonchev–Trinajstić information content (AvgIpc) is 2.52. The highest BCUT2D eigenvalue weighted by Gasteiger charge is 2.10. The van der Waals surface area contributed by atoms with Gasteiger partial charge in [-0.3, -0.25) is 9.59 Å². The fraction of sp³-hybridized carbons (Fsp3) is 0.556. The summed E-state index contributed by atoms with van der Waals surface area (Å²) in [7, 11) is 0. The highest BCUT2D eigenvalue weighted by molar-refractivity contribution is 5.78. The van der Waals surface area contributed by atoms with Crippen LogP contribution in [0.15, 0.2) is 24.3 Å². The third-order valence-corrected chi connectivity index (χ3v) is 3.73. The van der Waals surface area contributed by atoms with Crippen molar-refractivity contribution in [1.82, 2.24) is 10.2 Å². The van der Waals surface area contributed by atoms with Crippen molar-refractivity contribution >= 4 is 11.8 Å². The number of nitrogens with one attached hydrogen (secondary N) is 1. The molecule has 0 aliphatic rings. The molecule has 1 N–H and O–H groups in total. The molecule has 0 saturated heterocycles. The van der Waals surface area contributed by atoms with Crippen LogP contribution in [0.1, 0.15) is 45.1 Å². The van der Waals surface area contributed by atoms with Crippen molar-refractivity contribution in [2.75, 3.05) is 19.6 Å². The molecule has 2 amide bonds. The summed E-state index contributed by atoms with van der Waals surface area (Å²) in [6.07, 6.45) is 4.15. The first-order valence-electron chi connectivity index (χ1n) is 8.29. The summed E-state index contributed by atoms with van der Waals surface area (Å²) >= 11 is 0. The molecule has 0 radical (unpaired) electrons. The molecule has 1 aromatic carbocycles. The van der Waals surface area contributed by atoms with Crippen molar-refractivity contribution in [3.8, 4) is 0 Å². The lowest BCUT2D eigenvalue weighted by atomic mass is 10.1. The van der Waals surface area contributed by atoms with E-state index in [2.05, 4.69) is 12.2 Å². The van der Waals surface area contributed by atoms with Crippen molar-refractivity contribution in [3.05, 3.63) is 35.6 Å². The fourth-order valence-corrected chi connectivity index (χ4v) is 2.30. The Morgan fingerprint density at radius 3 is 2.43 bits per heavy atom. The van der Waals surface area contributed by atoms with Crippen LogP contribution < -0.4 is 5.32 Å². The van der Waals surface area contributed by atoms with Crippen LogP contribution in [0, 0.1) is 5.82 Å². The minimum Gasteiger partial charge on any atom is -0.356 e. The molecule has 0 aromatic heterocycles. The van der Waals surface area contributed by atoms with E-state index in [9.17, 15) is 14.0 Å². The second kappa shape index (κ2) is 10.8. The normalized spacial score (nSPS) is 10.4. The van der Waals surface area contributed by atoms with Gasteiger partial charge >= 0.3 is 0 Å². The zero-order chi connectivity index (χ0) is 17.1. The number of rotatable bonds is 10. The number of carbonyl (C=O) groups is 2. The molecule has 0 aliphatic heterocycles. The molecule has 4 nitrogen and oxygen atoms in total. The number of hydrogen-bond acceptors (Lipinski definition) is 2. The molecule has 0 spiro atoms. The standard InChI is InChI=1S/C18H27FN2O2/c1-3-4-5-13-21(15(2)22)14-11-18(23)20-12-10-16-6-8-17(19)9-7-16/h6-9H,3-5,10-14H2,1-2H3,(H,20,23). The quantitative estimate of drug-likeness (QED) is 0.673. The predicted octanol–water partition coefficient (Wildman–Crippen LogP) is 2.91. The first-order valence-corrected chi connectivity index (χ1v) is 8.29. The second-order valence-corrected chi connectivity index (χ2v) is 5.69. The van der Waals surface area contributed by atoms with E-state index in [0.29, 0.717) is 32.5 Å². The van der Waals surface area contributed by atoms with Gasteiger partial charge in [-0.1, -0.05) is 31.9 Å². The summed E-state index contributed by atoms with van der Waals surface area (Å²) in [5, 5.41) is 2.84. The lowest BCUT2D eigenvalue weighted by Crippen LogP contribution is -2.35. The van der Waals surface area contributed by atoms with Gasteiger partial charge in [-0.25, -0.2) is 4.39 Å². The van der Waals surface area contributed by atoms with E-state index in [1.165, 1.54) is 12.1 Å². The summed E-state index contributed by atoms with van der Waals surface area (Å²) in [5.41, 5.74) is 0.983. The second-order valence-electron chi connectivity index (χ2n) is 5.69. The maximum absolute atomic E-state index is 12.8. The summed E-state index contributed by atoms with van der Waals surface area (Å²) in [5.74, 6) is -0.306. The van der Waals surface area contributed by atoms with Crippen molar-refractivity contribution in [2.24, 2.45) is 0 Å². The van der Waals surface area contributed by atoms with Gasteiger partial charge in [0.25, 0.3) is 0 Å². The molecule has 0 atom stereocenters. The van der Waals surface area contributed by atoms with Crippen molar-refractivity contribution in [2.45, 2.75) is 46.0 Å². The van der Waals surface area contributed by atoms with Gasteiger partial charge < -0.3 is 10.2 Å². The van der Waals surface area contributed by atoms with Crippen molar-refractivity contribution in [1.29, 1.82) is 0 Å². The molecular formula is C18H27FN2O2. The molecule has 23 heavy (non-hydrogen) atoms. The smallest absolute Gasteiger partial charge is 0.221 e. The third-order valence-electron chi connectivity index (χ3n) is 3.73. The minimum atomic E-state index is -0.259. The Hall–Kier alpha value is -1.91. The van der Waals surface area contributed by atoms with Crippen LogP contribution in [-0.2, 0) is 16.0 Å². The van der Waals surface area contributed by atoms with Gasteiger partial charge in [0.05, 0.1) is 0 Å². The molecule has 0 heterocycles. The number of halogens is 1. The Morgan fingerprint density at radius 1 is 1.13 bits per heavy atom. The van der Waals surface area contributed by atoms with Crippen LogP contribution >= 0.6 is 0 Å². The van der Waals surface area contributed by atoms with Crippen LogP contribution in [0.4, 0.5) is 4.39 Å². The van der Waals surface area contributed by atoms with E-state index in [0.717, 1.165) is 24.8 Å². The number of hydrogen-bond donors (Lipinski definition) is 1. The van der Waals surface area contributed by atoms with Gasteiger partial charge in [-0.05, 0) is 30.5 Å². The largest absolute Gasteiger partial charge is 0.356 e. The highest BCUT2D eigenvalue weighted by atomic mass is 19.1. The highest BCUT2D eigenvalue weighted by Crippen LogP contribution is 2.03. The predicted molar refractivity (Wildman–Crippen MR) is 89.5 cm³/mol. The van der Waals surface area contributed by atoms with Crippen molar-refractivity contribution in [3.63, 3.8) is 0 Å². The van der Waals surface area contributed by atoms with E-state index in [1.54, 1.807) is 24.0 Å². The lowest BCUT2D eigenvalue weighted by Gasteiger charge is -2.20. The Balaban J connectivity index is 2.23. The molecule has 0 unspecified atom stereocenters. The van der Waals surface area contributed by atoms with Gasteiger partial charge in [-0.2, -0.15) is 0 Å². The maximum atomic E-state index is 12.8. The first-order chi connectivity index (χ1) is 11.0. The molecular weight excluding hydrogens is 295 g/mol. The van der Waals surface area contributed by atoms with Crippen LogP contribution in [0.2, 0.25) is 0 Å². The number of benzene rings is 1. The summed E-state index contributed by atoms with van der Waals surface area (Å²) in [6, 6.07) is 6.26. The number of nitrogens with zero attached hydrogens (tertiary/aromatic N) is 1. The number of unbranched alkanes of at least 4 members (excludes halogenated alkanes) is 2. The summed E-state index contributed by atoms with van der Waals surface area (Å²) < 4.78 is 12.8. The molecule has 5 heteroatoms. The van der Waals surface area contributed by atoms with E-state index in [-0.39, 0.29) is 17.6 Å². The number of carbonyl (C=O) groups excluding carboxylic acids is 2. The minimum absolute atomic E-state index is 0.0141. The van der Waals surface area contributed by atoms with Gasteiger partial charge in [-0.15, -0.1) is 0 Å². The van der Waals surface area contributed by atoms with Crippen LogP contribution in [0.3, 0.4) is 0 Å². The van der Waals surface area contributed by atoms with Crippen LogP contribution in [-0.4, -0.2) is 36.3 Å². The average molecular weight is 322 g/mol. The maximum Gasteiger partial charge on any atom is 0.221 e. The SMILES string of the molecule is CCCCCN(CCC(=O)NCCc1ccc(F)cc1)C(C)=O. The molecule has 0 fully saturated rings. The molecule has 1 rings (SSSR count). The first kappa shape index (κ1) is 19.1. The Morgan fingerprint density at radius 2 is 1.83 bits per heavy atom. The van der Waals surface area contributed by atoms with Crippen LogP contribution in [0.5, 0.6) is 0 Å². The van der Waals surface area contributed by atoms with Gasteiger partial charge in [0.15, 0.2) is 0 Å². The monoisotopic (exact) mass is 322 g/mol. The zero-order valence-corrected chi connectivity index (χ0v) is 14.1. The molecule has 128 valence electrons. The van der Waals surface area contributed by atoms with Gasteiger partial charge in [0.1, 0.15) is 5.82 Å². The van der Waals surface area contributed by atoms with Gasteiger partial charge in [0, 0.05) is 33.0 Å². The molecule has 0 saturated carbocycles. The number of amides is 2. The fourth-order valence-electron chi connectivity index (χ4n) is 2.30. The molecule has 0 bridgehead atoms. The Bertz CT molecular complexity index is 488. The van der Waals surface area contributed by atoms with E-state index in [1.807, 2.05) is 0 Å². The Kier molecular flexibility index (Phi) is 8.95. The zero-order valence-electron chi connectivity index (χ0n) is 14.1. The summed E-state index contributed by atoms with van der Waals surface area (Å²) in [4.78, 5) is 25.1. The van der Waals surface area contributed by atoms with Gasteiger partial charge in [0.2, 0.25) is 11.8 Å². The molecule has 0 aliphatic carbocycles. The molecule has 1 aromatic rings. The Labute approximate surface area is 138 Å². The van der Waals surface area contributed by atoms with E-state index < -0.39 is 0 Å². The van der Waals surface area contributed by atoms with Crippen LogP contribution in [0.25, 0.3) is 0 Å². The topological polar surface area (TPSA) is 49.4 Å². The van der Waals surface area contributed by atoms with E-state index >= 15 is 0 Å². The van der Waals surface area contributed by atoms with E-state index in [4.69, 9.17) is 0 Å². The summed E-state index contributed by atoms with van der Waals surface area (Å²) in [6.45, 7) is 5.35.